The van der Waals surface area contributed by atoms with E-state index in [4.69, 9.17) is 10.5 Å². The van der Waals surface area contributed by atoms with Crippen molar-refractivity contribution in [3.63, 3.8) is 0 Å². The fraction of sp³-hybridized carbons (Fsp3) is 0.467. The minimum Gasteiger partial charge on any atom is -0.383 e. The largest absolute Gasteiger partial charge is 0.383 e. The van der Waals surface area contributed by atoms with Gasteiger partial charge in [-0.3, -0.25) is 4.90 Å². The zero-order valence-electron chi connectivity index (χ0n) is 11.3. The van der Waals surface area contributed by atoms with Gasteiger partial charge in [-0.25, -0.2) is 0 Å². The second-order valence-corrected chi connectivity index (χ2v) is 4.07. The van der Waals surface area contributed by atoms with Crippen molar-refractivity contribution in [1.29, 1.82) is 0 Å². The summed E-state index contributed by atoms with van der Waals surface area (Å²) in [6.45, 7) is 6.22. The zero-order valence-corrected chi connectivity index (χ0v) is 11.3. The number of methoxy groups -OCH3 is 1. The van der Waals surface area contributed by atoms with Gasteiger partial charge >= 0.3 is 0 Å². The van der Waals surface area contributed by atoms with Gasteiger partial charge in [-0.05, 0) is 24.2 Å². The van der Waals surface area contributed by atoms with Crippen LogP contribution in [0, 0.1) is 11.8 Å². The number of ether oxygens (including phenoxy) is 1. The molecular formula is C15H22N2O. The van der Waals surface area contributed by atoms with Crippen molar-refractivity contribution in [2.24, 2.45) is 5.73 Å². The van der Waals surface area contributed by atoms with Gasteiger partial charge in [-0.2, -0.15) is 0 Å². The van der Waals surface area contributed by atoms with Gasteiger partial charge in [0, 0.05) is 25.8 Å². The highest BCUT2D eigenvalue weighted by Crippen LogP contribution is 2.07. The first-order valence-corrected chi connectivity index (χ1v) is 6.29. The van der Waals surface area contributed by atoms with Crippen molar-refractivity contribution < 1.29 is 4.74 Å². The third-order valence-corrected chi connectivity index (χ3v) is 2.73. The summed E-state index contributed by atoms with van der Waals surface area (Å²) in [6.07, 6.45) is 0. The SMILES string of the molecule is CCN(CCOC)Cc1cccc(C#CCN)c1. The Balaban J connectivity index is 2.65. The Morgan fingerprint density at radius 2 is 2.22 bits per heavy atom. The van der Waals surface area contributed by atoms with Crippen LogP contribution in [0.4, 0.5) is 0 Å². The molecule has 0 aliphatic rings. The van der Waals surface area contributed by atoms with Gasteiger partial charge < -0.3 is 10.5 Å². The minimum absolute atomic E-state index is 0.402. The van der Waals surface area contributed by atoms with E-state index in [0.29, 0.717) is 6.54 Å². The molecule has 3 heteroatoms. The van der Waals surface area contributed by atoms with Crippen LogP contribution in [-0.4, -0.2) is 38.3 Å². The molecule has 1 aromatic rings. The molecule has 0 atom stereocenters. The first-order valence-electron chi connectivity index (χ1n) is 6.29. The standard InChI is InChI=1S/C15H22N2O/c1-3-17(10-11-18-2)13-15-7-4-6-14(12-15)8-5-9-16/h4,6-7,12H,3,9-11,13,16H2,1-2H3. The van der Waals surface area contributed by atoms with Crippen LogP contribution in [0.1, 0.15) is 18.1 Å². The molecule has 0 radical (unpaired) electrons. The second-order valence-electron chi connectivity index (χ2n) is 4.07. The number of nitrogens with zero attached hydrogens (tertiary/aromatic N) is 1. The van der Waals surface area contributed by atoms with Gasteiger partial charge in [-0.1, -0.05) is 30.9 Å². The van der Waals surface area contributed by atoms with Crippen LogP contribution < -0.4 is 5.73 Å². The molecule has 0 aromatic heterocycles. The van der Waals surface area contributed by atoms with E-state index in [9.17, 15) is 0 Å². The van der Waals surface area contributed by atoms with Crippen LogP contribution >= 0.6 is 0 Å². The lowest BCUT2D eigenvalue weighted by Crippen LogP contribution is -2.26. The van der Waals surface area contributed by atoms with E-state index in [0.717, 1.165) is 31.8 Å². The van der Waals surface area contributed by atoms with Gasteiger partial charge in [0.15, 0.2) is 0 Å². The van der Waals surface area contributed by atoms with Gasteiger partial charge in [0.05, 0.1) is 13.2 Å². The molecule has 3 nitrogen and oxygen atoms in total. The molecular weight excluding hydrogens is 224 g/mol. The number of benzene rings is 1. The fourth-order valence-corrected chi connectivity index (χ4v) is 1.73. The lowest BCUT2D eigenvalue weighted by atomic mass is 10.1. The molecule has 18 heavy (non-hydrogen) atoms. The van der Waals surface area contributed by atoms with E-state index in [1.165, 1.54) is 5.56 Å². The molecule has 0 bridgehead atoms. The van der Waals surface area contributed by atoms with E-state index in [1.807, 2.05) is 12.1 Å². The Morgan fingerprint density at radius 3 is 2.89 bits per heavy atom. The van der Waals surface area contributed by atoms with E-state index >= 15 is 0 Å². The van der Waals surface area contributed by atoms with Crippen molar-refractivity contribution in [1.82, 2.24) is 4.90 Å². The quantitative estimate of drug-likeness (QED) is 0.772. The van der Waals surface area contributed by atoms with Gasteiger partial charge in [0.2, 0.25) is 0 Å². The number of nitrogens with two attached hydrogens (primary N) is 1. The molecule has 0 fully saturated rings. The van der Waals surface area contributed by atoms with Gasteiger partial charge in [0.1, 0.15) is 0 Å². The van der Waals surface area contributed by atoms with Crippen LogP contribution in [0.3, 0.4) is 0 Å². The van der Waals surface area contributed by atoms with Crippen LogP contribution in [-0.2, 0) is 11.3 Å². The molecule has 0 aliphatic heterocycles. The molecule has 0 saturated carbocycles. The lowest BCUT2D eigenvalue weighted by Gasteiger charge is -2.19. The highest BCUT2D eigenvalue weighted by molar-refractivity contribution is 5.37. The molecule has 0 spiro atoms. The third-order valence-electron chi connectivity index (χ3n) is 2.73. The molecule has 0 aliphatic carbocycles. The Bertz CT molecular complexity index is 406. The average Bonchev–Trinajstić information content (AvgIpc) is 2.41. The summed E-state index contributed by atoms with van der Waals surface area (Å²) in [6, 6.07) is 8.30. The van der Waals surface area contributed by atoms with E-state index in [1.54, 1.807) is 7.11 Å². The Kier molecular flexibility index (Phi) is 7.12. The number of hydrogen-bond donors (Lipinski definition) is 1. The Labute approximate surface area is 110 Å². The monoisotopic (exact) mass is 246 g/mol. The summed E-state index contributed by atoms with van der Waals surface area (Å²) in [5.41, 5.74) is 7.68. The second kappa shape index (κ2) is 8.71. The highest BCUT2D eigenvalue weighted by atomic mass is 16.5. The van der Waals surface area contributed by atoms with Crippen LogP contribution in [0.15, 0.2) is 24.3 Å². The molecule has 1 aromatic carbocycles. The first kappa shape index (κ1) is 14.7. The third kappa shape index (κ3) is 5.33. The maximum atomic E-state index is 5.38. The van der Waals surface area contributed by atoms with Gasteiger partial charge in [0.25, 0.3) is 0 Å². The average molecular weight is 246 g/mol. The molecule has 0 amide bonds. The molecule has 0 saturated heterocycles. The van der Waals surface area contributed by atoms with Crippen molar-refractivity contribution in [3.8, 4) is 11.8 Å². The summed E-state index contributed by atoms with van der Waals surface area (Å²) in [7, 11) is 1.73. The smallest absolute Gasteiger partial charge is 0.0589 e. The molecule has 1 rings (SSSR count). The van der Waals surface area contributed by atoms with Crippen molar-refractivity contribution in [2.75, 3.05) is 33.4 Å². The fourth-order valence-electron chi connectivity index (χ4n) is 1.73. The molecule has 98 valence electrons. The number of hydrogen-bond acceptors (Lipinski definition) is 3. The predicted molar refractivity (Wildman–Crippen MR) is 75.2 cm³/mol. The van der Waals surface area contributed by atoms with Gasteiger partial charge in [-0.15, -0.1) is 0 Å². The van der Waals surface area contributed by atoms with Crippen molar-refractivity contribution in [2.45, 2.75) is 13.5 Å². The molecule has 2 N–H and O–H groups in total. The summed E-state index contributed by atoms with van der Waals surface area (Å²) in [5, 5.41) is 0. The summed E-state index contributed by atoms with van der Waals surface area (Å²) in [4.78, 5) is 2.35. The van der Waals surface area contributed by atoms with E-state index < -0.39 is 0 Å². The summed E-state index contributed by atoms with van der Waals surface area (Å²) >= 11 is 0. The predicted octanol–water partition coefficient (Wildman–Crippen LogP) is 1.47. The molecule has 0 unspecified atom stereocenters. The Hall–Kier alpha value is -1.34. The van der Waals surface area contributed by atoms with Crippen molar-refractivity contribution >= 4 is 0 Å². The van der Waals surface area contributed by atoms with E-state index in [2.05, 4.69) is 35.8 Å². The topological polar surface area (TPSA) is 38.5 Å². The minimum atomic E-state index is 0.402. The van der Waals surface area contributed by atoms with Crippen LogP contribution in [0.25, 0.3) is 0 Å². The summed E-state index contributed by atoms with van der Waals surface area (Å²) in [5.74, 6) is 5.94. The Morgan fingerprint density at radius 1 is 1.39 bits per heavy atom. The number of likely N-dealkylation sites (N-methyl/N-ethyl adjacent to an activating group) is 1. The number of rotatable bonds is 6. The molecule has 0 heterocycles. The van der Waals surface area contributed by atoms with Crippen LogP contribution in [0.2, 0.25) is 0 Å². The van der Waals surface area contributed by atoms with Crippen molar-refractivity contribution in [3.05, 3.63) is 35.4 Å². The summed E-state index contributed by atoms with van der Waals surface area (Å²) < 4.78 is 5.11. The zero-order chi connectivity index (χ0) is 13.2. The van der Waals surface area contributed by atoms with Crippen LogP contribution in [0.5, 0.6) is 0 Å². The van der Waals surface area contributed by atoms with E-state index in [-0.39, 0.29) is 0 Å². The highest BCUT2D eigenvalue weighted by Gasteiger charge is 2.03. The maximum Gasteiger partial charge on any atom is 0.0589 e. The lowest BCUT2D eigenvalue weighted by molar-refractivity contribution is 0.147. The normalized spacial score (nSPS) is 10.2. The maximum absolute atomic E-state index is 5.38. The first-order chi connectivity index (χ1) is 8.80.